The molecule has 0 bridgehead atoms. The van der Waals surface area contributed by atoms with Crippen molar-refractivity contribution < 1.29 is 4.74 Å². The highest BCUT2D eigenvalue weighted by atomic mass is 28.1. The average Bonchev–Trinajstić information content (AvgIpc) is 2.06. The molecule has 0 aromatic heterocycles. The van der Waals surface area contributed by atoms with Gasteiger partial charge < -0.3 is 4.74 Å². The zero-order valence-electron chi connectivity index (χ0n) is 8.31. The molecule has 1 fully saturated rings. The van der Waals surface area contributed by atoms with Crippen LogP contribution in [0.15, 0.2) is 12.2 Å². The highest BCUT2D eigenvalue weighted by Gasteiger charge is 2.23. The molecule has 1 heterocycles. The van der Waals surface area contributed by atoms with Crippen molar-refractivity contribution in [3.05, 3.63) is 12.2 Å². The summed E-state index contributed by atoms with van der Waals surface area (Å²) >= 11 is 0. The van der Waals surface area contributed by atoms with Crippen LogP contribution in [0.3, 0.4) is 0 Å². The van der Waals surface area contributed by atoms with E-state index in [-0.39, 0.29) is 5.22 Å². The minimum Gasteiger partial charge on any atom is -0.376 e. The summed E-state index contributed by atoms with van der Waals surface area (Å²) in [4.78, 5) is 0. The number of unbranched alkanes of at least 4 members (excludes halogenated alkanes) is 1. The number of hydrogen-bond acceptors (Lipinski definition) is 1. The fraction of sp³-hybridized carbons (Fsp3) is 0.800. The molecule has 0 amide bonds. The van der Waals surface area contributed by atoms with E-state index in [9.17, 15) is 0 Å². The molecule has 12 heavy (non-hydrogen) atoms. The third-order valence-electron chi connectivity index (χ3n) is 2.43. The van der Waals surface area contributed by atoms with Gasteiger partial charge in [-0.2, -0.15) is 0 Å². The van der Waals surface area contributed by atoms with Gasteiger partial charge in [-0.15, -0.1) is 0 Å². The lowest BCUT2D eigenvalue weighted by atomic mass is 10.1. The van der Waals surface area contributed by atoms with Crippen LogP contribution < -0.4 is 0 Å². The van der Waals surface area contributed by atoms with Gasteiger partial charge in [-0.25, -0.2) is 0 Å². The molecule has 0 aromatic rings. The molecule has 0 saturated carbocycles. The lowest BCUT2D eigenvalue weighted by Gasteiger charge is -2.31. The molecule has 70 valence electrons. The van der Waals surface area contributed by atoms with Crippen LogP contribution >= 0.6 is 0 Å². The van der Waals surface area contributed by atoms with Gasteiger partial charge in [0.15, 0.2) is 0 Å². The van der Waals surface area contributed by atoms with Crippen molar-refractivity contribution >= 4 is 10.2 Å². The van der Waals surface area contributed by atoms with Crippen molar-refractivity contribution in [2.45, 2.75) is 44.3 Å². The van der Waals surface area contributed by atoms with Crippen LogP contribution in [-0.2, 0) is 4.74 Å². The fourth-order valence-electron chi connectivity index (χ4n) is 1.59. The van der Waals surface area contributed by atoms with E-state index in [1.54, 1.807) is 0 Å². The Kier molecular flexibility index (Phi) is 4.02. The van der Waals surface area contributed by atoms with Crippen molar-refractivity contribution in [2.75, 3.05) is 6.61 Å². The second kappa shape index (κ2) is 4.82. The number of hydrogen-bond donors (Lipinski definition) is 0. The first-order valence-corrected chi connectivity index (χ1v) is 6.08. The molecule has 0 radical (unpaired) electrons. The predicted molar refractivity (Wildman–Crippen MR) is 56.5 cm³/mol. The van der Waals surface area contributed by atoms with Crippen LogP contribution in [0.5, 0.6) is 0 Å². The topological polar surface area (TPSA) is 9.23 Å². The Morgan fingerprint density at radius 3 is 2.92 bits per heavy atom. The van der Waals surface area contributed by atoms with E-state index in [1.165, 1.54) is 32.1 Å². The first-order chi connectivity index (χ1) is 5.77. The molecule has 1 aliphatic heterocycles. The standard InChI is InChI=1S/C10H20OSi/c1-2-3-4-7-10(12)8-5-6-9-11-10/h4,7H,2-3,5-6,8-9H2,1,12H3. The largest absolute Gasteiger partial charge is 0.376 e. The van der Waals surface area contributed by atoms with Crippen molar-refractivity contribution in [2.24, 2.45) is 0 Å². The third-order valence-corrected chi connectivity index (χ3v) is 3.55. The van der Waals surface area contributed by atoms with E-state index < -0.39 is 0 Å². The van der Waals surface area contributed by atoms with E-state index in [0.29, 0.717) is 0 Å². The van der Waals surface area contributed by atoms with Gasteiger partial charge in [0.05, 0.1) is 5.22 Å². The summed E-state index contributed by atoms with van der Waals surface area (Å²) < 4.78 is 5.79. The zero-order valence-corrected chi connectivity index (χ0v) is 10.3. The lowest BCUT2D eigenvalue weighted by Crippen LogP contribution is -2.34. The molecule has 1 rings (SSSR count). The van der Waals surface area contributed by atoms with Gasteiger partial charge in [0.1, 0.15) is 0 Å². The summed E-state index contributed by atoms with van der Waals surface area (Å²) in [5.74, 6) is 0. The lowest BCUT2D eigenvalue weighted by molar-refractivity contribution is 0.0152. The Balaban J connectivity index is 2.35. The predicted octanol–water partition coefficient (Wildman–Crippen LogP) is 1.60. The minimum absolute atomic E-state index is 0.188. The maximum Gasteiger partial charge on any atom is 0.0655 e. The normalized spacial score (nSPS) is 31.4. The number of ether oxygens (including phenoxy) is 1. The summed E-state index contributed by atoms with van der Waals surface area (Å²) in [7, 11) is 1.14. The highest BCUT2D eigenvalue weighted by Crippen LogP contribution is 2.22. The Hall–Kier alpha value is -0.0831. The summed E-state index contributed by atoms with van der Waals surface area (Å²) in [6.07, 6.45) is 10.9. The molecule has 0 aliphatic carbocycles. The first kappa shape index (κ1) is 10.0. The monoisotopic (exact) mass is 184 g/mol. The van der Waals surface area contributed by atoms with Crippen LogP contribution in [0.2, 0.25) is 0 Å². The van der Waals surface area contributed by atoms with Crippen LogP contribution in [0, 0.1) is 0 Å². The maximum absolute atomic E-state index is 5.79. The van der Waals surface area contributed by atoms with Gasteiger partial charge in [0.25, 0.3) is 0 Å². The van der Waals surface area contributed by atoms with Gasteiger partial charge in [-0.3, -0.25) is 0 Å². The van der Waals surface area contributed by atoms with E-state index >= 15 is 0 Å². The van der Waals surface area contributed by atoms with Crippen molar-refractivity contribution in [1.82, 2.24) is 0 Å². The van der Waals surface area contributed by atoms with Crippen molar-refractivity contribution in [3.8, 4) is 0 Å². The smallest absolute Gasteiger partial charge is 0.0655 e. The van der Waals surface area contributed by atoms with Gasteiger partial charge >= 0.3 is 0 Å². The van der Waals surface area contributed by atoms with Gasteiger partial charge in [0.2, 0.25) is 0 Å². The minimum atomic E-state index is 0.188. The summed E-state index contributed by atoms with van der Waals surface area (Å²) in [5.41, 5.74) is 0. The Labute approximate surface area is 78.6 Å². The molecular weight excluding hydrogens is 164 g/mol. The molecule has 0 N–H and O–H groups in total. The molecular formula is C10H20OSi. The van der Waals surface area contributed by atoms with E-state index in [0.717, 1.165) is 16.8 Å². The van der Waals surface area contributed by atoms with Crippen molar-refractivity contribution in [1.29, 1.82) is 0 Å². The molecule has 1 nitrogen and oxygen atoms in total. The molecule has 0 aromatic carbocycles. The summed E-state index contributed by atoms with van der Waals surface area (Å²) in [6.45, 7) is 3.19. The van der Waals surface area contributed by atoms with Crippen LogP contribution in [0.1, 0.15) is 39.0 Å². The van der Waals surface area contributed by atoms with Gasteiger partial charge in [-0.05, 0) is 25.7 Å². The van der Waals surface area contributed by atoms with Gasteiger partial charge in [0, 0.05) is 16.8 Å². The summed E-state index contributed by atoms with van der Waals surface area (Å²) in [5, 5.41) is 0.188. The zero-order chi connectivity index (χ0) is 8.86. The van der Waals surface area contributed by atoms with Crippen molar-refractivity contribution in [3.63, 3.8) is 0 Å². The van der Waals surface area contributed by atoms with E-state index in [1.807, 2.05) is 0 Å². The number of rotatable bonds is 3. The quantitative estimate of drug-likeness (QED) is 0.478. The fourth-order valence-corrected chi connectivity index (χ4v) is 2.38. The first-order valence-electron chi connectivity index (χ1n) is 5.08. The molecule has 1 aliphatic rings. The third kappa shape index (κ3) is 3.11. The SMILES string of the molecule is CCCC=CC1([SiH3])CCCCO1. The molecule has 1 atom stereocenters. The second-order valence-corrected chi connectivity index (χ2v) is 5.50. The molecule has 0 spiro atoms. The average molecular weight is 184 g/mol. The highest BCUT2D eigenvalue weighted by molar-refractivity contribution is 6.16. The van der Waals surface area contributed by atoms with Crippen LogP contribution in [0.25, 0.3) is 0 Å². The van der Waals surface area contributed by atoms with Gasteiger partial charge in [-0.1, -0.05) is 25.5 Å². The van der Waals surface area contributed by atoms with Crippen LogP contribution in [0.4, 0.5) is 0 Å². The van der Waals surface area contributed by atoms with Crippen LogP contribution in [-0.4, -0.2) is 22.1 Å². The number of allylic oxidation sites excluding steroid dienone is 1. The van der Waals surface area contributed by atoms with E-state index in [4.69, 9.17) is 4.74 Å². The molecule has 1 unspecified atom stereocenters. The maximum atomic E-state index is 5.79. The second-order valence-electron chi connectivity index (χ2n) is 3.81. The Morgan fingerprint density at radius 2 is 2.33 bits per heavy atom. The Morgan fingerprint density at radius 1 is 1.50 bits per heavy atom. The van der Waals surface area contributed by atoms with E-state index in [2.05, 4.69) is 19.1 Å². The molecule has 1 saturated heterocycles. The summed E-state index contributed by atoms with van der Waals surface area (Å²) in [6, 6.07) is 0. The molecule has 2 heteroatoms. The Bertz CT molecular complexity index is 148.